The number of likely N-dealkylation sites (tertiary alicyclic amines) is 1. The molecule has 1 aliphatic rings. The molecule has 1 atom stereocenters. The third kappa shape index (κ3) is 10.2. The molecule has 1 saturated heterocycles. The number of hydrogen-bond acceptors (Lipinski definition) is 6. The summed E-state index contributed by atoms with van der Waals surface area (Å²) in [6.45, 7) is 9.93. The number of hydrogen-bond donors (Lipinski definition) is 1. The SMILES string of the molecule is CC(c1ccncc1)C1CCN(C(=O)OC(C)(C)C)CC1.COC=O.CS. The minimum absolute atomic E-state index is 0.183. The van der Waals surface area contributed by atoms with Crippen LogP contribution in [0.15, 0.2) is 24.5 Å². The summed E-state index contributed by atoms with van der Waals surface area (Å²) in [7, 11) is 1.31. The van der Waals surface area contributed by atoms with Gasteiger partial charge in [0.05, 0.1) is 7.11 Å². The molecule has 0 aliphatic carbocycles. The highest BCUT2D eigenvalue weighted by atomic mass is 32.1. The van der Waals surface area contributed by atoms with Gasteiger partial charge in [0.25, 0.3) is 6.47 Å². The zero-order valence-corrected chi connectivity index (χ0v) is 18.2. The van der Waals surface area contributed by atoms with Gasteiger partial charge in [-0.2, -0.15) is 12.6 Å². The Morgan fingerprint density at radius 2 is 1.74 bits per heavy atom. The Balaban J connectivity index is 0.000000998. The fourth-order valence-electron chi connectivity index (χ4n) is 2.85. The molecule has 27 heavy (non-hydrogen) atoms. The molecule has 1 amide bonds. The predicted octanol–water partition coefficient (Wildman–Crippen LogP) is 4.17. The molecule has 2 heterocycles. The van der Waals surface area contributed by atoms with Gasteiger partial charge >= 0.3 is 6.09 Å². The third-order valence-corrected chi connectivity index (χ3v) is 4.23. The van der Waals surface area contributed by atoms with Gasteiger partial charge in [0.15, 0.2) is 0 Å². The van der Waals surface area contributed by atoms with Gasteiger partial charge in [-0.3, -0.25) is 9.78 Å². The average Bonchev–Trinajstić information content (AvgIpc) is 2.68. The Bertz CT molecular complexity index is 527. The second kappa shape index (κ2) is 13.4. The summed E-state index contributed by atoms with van der Waals surface area (Å²) in [5, 5.41) is 0. The van der Waals surface area contributed by atoms with Crippen LogP contribution < -0.4 is 0 Å². The highest BCUT2D eigenvalue weighted by Gasteiger charge is 2.29. The molecule has 0 aromatic carbocycles. The number of rotatable bonds is 3. The molecule has 6 nitrogen and oxygen atoms in total. The monoisotopic (exact) mass is 398 g/mol. The van der Waals surface area contributed by atoms with Crippen molar-refractivity contribution >= 4 is 25.2 Å². The van der Waals surface area contributed by atoms with Crippen LogP contribution in [-0.2, 0) is 14.3 Å². The van der Waals surface area contributed by atoms with E-state index in [1.54, 1.807) is 6.26 Å². The topological polar surface area (TPSA) is 68.7 Å². The van der Waals surface area contributed by atoms with E-state index in [0.29, 0.717) is 18.3 Å². The Kier molecular flexibility index (Phi) is 12.5. The average molecular weight is 399 g/mol. The van der Waals surface area contributed by atoms with E-state index in [1.165, 1.54) is 12.7 Å². The zero-order chi connectivity index (χ0) is 20.9. The summed E-state index contributed by atoms with van der Waals surface area (Å²) in [5.74, 6) is 1.12. The summed E-state index contributed by atoms with van der Waals surface area (Å²) in [5.41, 5.74) is 0.916. The lowest BCUT2D eigenvalue weighted by Crippen LogP contribution is -2.42. The van der Waals surface area contributed by atoms with Crippen molar-refractivity contribution < 1.29 is 19.1 Å². The highest BCUT2D eigenvalue weighted by molar-refractivity contribution is 7.79. The van der Waals surface area contributed by atoms with Crippen molar-refractivity contribution in [3.05, 3.63) is 30.1 Å². The van der Waals surface area contributed by atoms with E-state index in [0.717, 1.165) is 25.9 Å². The quantitative estimate of drug-likeness (QED) is 0.611. The molecular formula is C20H34N2O4S. The third-order valence-electron chi connectivity index (χ3n) is 4.23. The van der Waals surface area contributed by atoms with E-state index in [4.69, 9.17) is 9.53 Å². The van der Waals surface area contributed by atoms with Crippen molar-refractivity contribution in [3.63, 3.8) is 0 Å². The van der Waals surface area contributed by atoms with Crippen LogP contribution in [0.2, 0.25) is 0 Å². The zero-order valence-electron chi connectivity index (χ0n) is 17.3. The number of piperidine rings is 1. The summed E-state index contributed by atoms with van der Waals surface area (Å²) in [4.78, 5) is 26.9. The highest BCUT2D eigenvalue weighted by Crippen LogP contribution is 2.32. The number of aromatic nitrogens is 1. The first-order chi connectivity index (χ1) is 12.8. The van der Waals surface area contributed by atoms with E-state index in [-0.39, 0.29) is 6.09 Å². The number of ether oxygens (including phenoxy) is 2. The fraction of sp³-hybridized carbons (Fsp3) is 0.650. The first kappa shape index (κ1) is 25.2. The van der Waals surface area contributed by atoms with Crippen LogP contribution in [0, 0.1) is 5.92 Å². The number of carbonyl (C=O) groups excluding carboxylic acids is 2. The smallest absolute Gasteiger partial charge is 0.410 e. The summed E-state index contributed by atoms with van der Waals surface area (Å²) in [6.07, 6.45) is 7.27. The second-order valence-corrected chi connectivity index (χ2v) is 7.21. The van der Waals surface area contributed by atoms with Gasteiger partial charge in [0.1, 0.15) is 5.60 Å². The standard InChI is InChI=1S/C17H26N2O2.C2H4O2.CH4S/c1-13(14-5-9-18-10-6-14)15-7-11-19(12-8-15)16(20)21-17(2,3)4;1-4-2-3;1-2/h5-6,9-10,13,15H,7-8,11-12H2,1-4H3;2H,1H3;2H,1H3. The molecule has 0 saturated carbocycles. The van der Waals surface area contributed by atoms with Gasteiger partial charge in [-0.25, -0.2) is 4.79 Å². The summed E-state index contributed by atoms with van der Waals surface area (Å²) >= 11 is 3.53. The molecule has 0 bridgehead atoms. The van der Waals surface area contributed by atoms with Gasteiger partial charge < -0.3 is 14.4 Å². The van der Waals surface area contributed by atoms with Crippen molar-refractivity contribution in [2.75, 3.05) is 26.5 Å². The van der Waals surface area contributed by atoms with Crippen LogP contribution in [0.1, 0.15) is 52.0 Å². The van der Waals surface area contributed by atoms with Gasteiger partial charge in [-0.1, -0.05) is 6.92 Å². The van der Waals surface area contributed by atoms with Crippen LogP contribution in [0.3, 0.4) is 0 Å². The second-order valence-electron chi connectivity index (χ2n) is 7.21. The maximum Gasteiger partial charge on any atom is 0.410 e. The molecule has 154 valence electrons. The van der Waals surface area contributed by atoms with E-state index in [1.807, 2.05) is 38.1 Å². The molecular weight excluding hydrogens is 364 g/mol. The number of carbonyl (C=O) groups is 2. The number of pyridine rings is 1. The van der Waals surface area contributed by atoms with Crippen molar-refractivity contribution in [3.8, 4) is 0 Å². The maximum atomic E-state index is 12.1. The van der Waals surface area contributed by atoms with Crippen LogP contribution in [0.25, 0.3) is 0 Å². The van der Waals surface area contributed by atoms with Crippen molar-refractivity contribution in [1.29, 1.82) is 0 Å². The molecule has 1 unspecified atom stereocenters. The lowest BCUT2D eigenvalue weighted by Gasteiger charge is -2.35. The lowest BCUT2D eigenvalue weighted by atomic mass is 9.82. The van der Waals surface area contributed by atoms with Gasteiger partial charge in [-0.15, -0.1) is 0 Å². The van der Waals surface area contributed by atoms with E-state index in [9.17, 15) is 4.79 Å². The lowest BCUT2D eigenvalue weighted by molar-refractivity contribution is -0.126. The Morgan fingerprint density at radius 3 is 2.15 bits per heavy atom. The Labute approximate surface area is 169 Å². The molecule has 0 radical (unpaired) electrons. The number of methoxy groups -OCH3 is 1. The Morgan fingerprint density at radius 1 is 1.26 bits per heavy atom. The maximum absolute atomic E-state index is 12.1. The molecule has 0 N–H and O–H groups in total. The van der Waals surface area contributed by atoms with Crippen molar-refractivity contribution in [2.24, 2.45) is 5.92 Å². The van der Waals surface area contributed by atoms with Crippen LogP contribution >= 0.6 is 12.6 Å². The van der Waals surface area contributed by atoms with Crippen LogP contribution in [0.4, 0.5) is 4.79 Å². The molecule has 7 heteroatoms. The minimum Gasteiger partial charge on any atom is -0.471 e. The number of nitrogens with zero attached hydrogens (tertiary/aromatic N) is 2. The largest absolute Gasteiger partial charge is 0.471 e. The number of amides is 1. The van der Waals surface area contributed by atoms with Crippen LogP contribution in [-0.4, -0.2) is 54.5 Å². The van der Waals surface area contributed by atoms with Gasteiger partial charge in [0, 0.05) is 25.5 Å². The van der Waals surface area contributed by atoms with Gasteiger partial charge in [-0.05, 0) is 69.4 Å². The van der Waals surface area contributed by atoms with Gasteiger partial charge in [0.2, 0.25) is 0 Å². The molecule has 1 aromatic heterocycles. The molecule has 1 fully saturated rings. The normalized spacial score (nSPS) is 15.3. The molecule has 1 aromatic rings. The van der Waals surface area contributed by atoms with Crippen molar-refractivity contribution in [1.82, 2.24) is 9.88 Å². The summed E-state index contributed by atoms with van der Waals surface area (Å²) in [6, 6.07) is 4.18. The first-order valence-electron chi connectivity index (χ1n) is 9.07. The van der Waals surface area contributed by atoms with Crippen molar-refractivity contribution in [2.45, 2.75) is 52.1 Å². The number of thiol groups is 1. The minimum atomic E-state index is -0.418. The summed E-state index contributed by atoms with van der Waals surface area (Å²) < 4.78 is 9.30. The predicted molar refractivity (Wildman–Crippen MR) is 111 cm³/mol. The van der Waals surface area contributed by atoms with E-state index in [2.05, 4.69) is 41.4 Å². The molecule has 0 spiro atoms. The van der Waals surface area contributed by atoms with E-state index < -0.39 is 5.60 Å². The Hall–Kier alpha value is -1.76. The molecule has 2 rings (SSSR count). The first-order valence-corrected chi connectivity index (χ1v) is 9.97. The molecule has 1 aliphatic heterocycles. The van der Waals surface area contributed by atoms with E-state index >= 15 is 0 Å². The fourth-order valence-corrected chi connectivity index (χ4v) is 2.85. The van der Waals surface area contributed by atoms with Crippen LogP contribution in [0.5, 0.6) is 0 Å².